The van der Waals surface area contributed by atoms with Gasteiger partial charge in [-0.2, -0.15) is 0 Å². The Hall–Kier alpha value is -2.64. The van der Waals surface area contributed by atoms with Crippen molar-refractivity contribution in [3.8, 4) is 11.5 Å². The molecule has 2 aromatic carbocycles. The van der Waals surface area contributed by atoms with Crippen LogP contribution in [0.3, 0.4) is 0 Å². The van der Waals surface area contributed by atoms with E-state index >= 15 is 0 Å². The number of aromatic nitrogens is 1. The number of hydrogen-bond donors (Lipinski definition) is 1. The molecule has 1 N–H and O–H groups in total. The minimum absolute atomic E-state index is 0.0566. The Bertz CT molecular complexity index is 1590. The molecule has 6 rings (SSSR count). The van der Waals surface area contributed by atoms with Gasteiger partial charge < -0.3 is 19.2 Å². The van der Waals surface area contributed by atoms with Crippen molar-refractivity contribution in [2.24, 2.45) is 0 Å². The van der Waals surface area contributed by atoms with E-state index in [9.17, 15) is 18.0 Å². The van der Waals surface area contributed by atoms with Gasteiger partial charge in [0.15, 0.2) is 24.9 Å². The molecule has 3 aliphatic rings. The van der Waals surface area contributed by atoms with Gasteiger partial charge in [-0.3, -0.25) is 9.69 Å². The number of rotatable bonds is 8. The lowest BCUT2D eigenvalue weighted by Crippen LogP contribution is -2.44. The highest BCUT2D eigenvalue weighted by molar-refractivity contribution is 7.15. The molecule has 44 heavy (non-hydrogen) atoms. The molecular formula is C31H35ClF3N3O4SSi. The summed E-state index contributed by atoms with van der Waals surface area (Å²) in [6.45, 7) is 12.6. The van der Waals surface area contributed by atoms with Crippen LogP contribution in [0.4, 0.5) is 18.3 Å². The third kappa shape index (κ3) is 5.99. The molecule has 3 aromatic rings. The number of thiazole rings is 1. The highest BCUT2D eigenvalue weighted by atomic mass is 35.5. The fourth-order valence-corrected chi connectivity index (χ4v) is 8.25. The molecule has 1 amide bonds. The first-order valence-electron chi connectivity index (χ1n) is 14.6. The number of fused-ring (bicyclic) bond motifs is 1. The number of carbonyl (C=O) groups excluding carboxylic acids is 1. The highest BCUT2D eigenvalue weighted by Crippen LogP contribution is 2.52. The van der Waals surface area contributed by atoms with Crippen LogP contribution >= 0.6 is 22.9 Å². The number of carbonyl (C=O) groups is 1. The van der Waals surface area contributed by atoms with Crippen LogP contribution in [0.15, 0.2) is 42.6 Å². The molecule has 13 heteroatoms. The van der Waals surface area contributed by atoms with Gasteiger partial charge in [0, 0.05) is 29.2 Å². The van der Waals surface area contributed by atoms with Crippen LogP contribution in [0, 0.1) is 5.82 Å². The monoisotopic (exact) mass is 665 g/mol. The molecule has 0 spiro atoms. The van der Waals surface area contributed by atoms with Gasteiger partial charge in [-0.25, -0.2) is 9.37 Å². The fraction of sp³-hybridized carbons (Fsp3) is 0.484. The van der Waals surface area contributed by atoms with Gasteiger partial charge in [-0.1, -0.05) is 55.8 Å². The zero-order valence-electron chi connectivity index (χ0n) is 25.2. The van der Waals surface area contributed by atoms with E-state index in [1.54, 1.807) is 18.3 Å². The van der Waals surface area contributed by atoms with Crippen LogP contribution in [-0.4, -0.2) is 49.6 Å². The Morgan fingerprint density at radius 1 is 1.18 bits per heavy atom. The largest absolute Gasteiger partial charge is 0.586 e. The highest BCUT2D eigenvalue weighted by Gasteiger charge is 2.53. The van der Waals surface area contributed by atoms with Gasteiger partial charge in [0.2, 0.25) is 5.91 Å². The van der Waals surface area contributed by atoms with Gasteiger partial charge in [-0.05, 0) is 72.8 Å². The van der Waals surface area contributed by atoms with Gasteiger partial charge in [-0.15, -0.1) is 8.78 Å². The summed E-state index contributed by atoms with van der Waals surface area (Å²) in [5.74, 6) is -0.853. The van der Waals surface area contributed by atoms with Crippen molar-refractivity contribution in [3.63, 3.8) is 0 Å². The summed E-state index contributed by atoms with van der Waals surface area (Å²) in [5, 5.41) is 3.74. The van der Waals surface area contributed by atoms with Crippen molar-refractivity contribution in [1.82, 2.24) is 9.88 Å². The first-order chi connectivity index (χ1) is 20.6. The zero-order chi connectivity index (χ0) is 31.7. The summed E-state index contributed by atoms with van der Waals surface area (Å²) in [7, 11) is -1.99. The molecule has 7 nitrogen and oxygen atoms in total. The van der Waals surface area contributed by atoms with Crippen molar-refractivity contribution in [1.29, 1.82) is 0 Å². The second-order valence-electron chi connectivity index (χ2n) is 13.3. The Morgan fingerprint density at radius 3 is 2.59 bits per heavy atom. The molecule has 2 atom stereocenters. The Kier molecular flexibility index (Phi) is 7.84. The van der Waals surface area contributed by atoms with Crippen molar-refractivity contribution < 1.29 is 31.9 Å². The zero-order valence-corrected chi connectivity index (χ0v) is 27.8. The van der Waals surface area contributed by atoms with Crippen LogP contribution in [0.25, 0.3) is 0 Å². The van der Waals surface area contributed by atoms with Crippen molar-refractivity contribution in [2.45, 2.75) is 82.0 Å². The van der Waals surface area contributed by atoms with Crippen LogP contribution in [0.5, 0.6) is 11.5 Å². The molecule has 2 fully saturated rings. The van der Waals surface area contributed by atoms with E-state index in [0.717, 1.165) is 23.4 Å². The molecule has 1 aromatic heterocycles. The molecule has 3 heterocycles. The summed E-state index contributed by atoms with van der Waals surface area (Å²) in [4.78, 5) is 21.2. The van der Waals surface area contributed by atoms with E-state index in [1.807, 2.05) is 0 Å². The van der Waals surface area contributed by atoms with E-state index in [2.05, 4.69) is 58.5 Å². The predicted octanol–water partition coefficient (Wildman–Crippen LogP) is 8.11. The quantitative estimate of drug-likeness (QED) is 0.245. The maximum absolute atomic E-state index is 14.0. The molecule has 1 saturated carbocycles. The average molecular weight is 666 g/mol. The summed E-state index contributed by atoms with van der Waals surface area (Å²) >= 11 is 7.93. The molecule has 2 aliphatic heterocycles. The minimum Gasteiger partial charge on any atom is -0.413 e. The normalized spacial score (nSPS) is 21.3. The summed E-state index contributed by atoms with van der Waals surface area (Å²) < 4.78 is 57.0. The number of ether oxygens (including phenoxy) is 2. The minimum atomic E-state index is -3.73. The maximum Gasteiger partial charge on any atom is 0.586 e. The van der Waals surface area contributed by atoms with Gasteiger partial charge >= 0.3 is 6.29 Å². The van der Waals surface area contributed by atoms with Crippen LogP contribution < -0.4 is 14.8 Å². The lowest BCUT2D eigenvalue weighted by Gasteiger charge is -2.38. The third-order valence-electron chi connectivity index (χ3n) is 9.22. The first kappa shape index (κ1) is 31.3. The maximum atomic E-state index is 14.0. The Morgan fingerprint density at radius 2 is 1.91 bits per heavy atom. The number of nitrogens with one attached hydrogen (secondary N) is 1. The number of benzene rings is 2. The van der Waals surface area contributed by atoms with Crippen molar-refractivity contribution in [2.75, 3.05) is 18.4 Å². The van der Waals surface area contributed by atoms with Crippen LogP contribution in [-0.2, 0) is 14.6 Å². The molecule has 0 bridgehead atoms. The molecule has 0 radical (unpaired) electrons. The van der Waals surface area contributed by atoms with E-state index in [4.69, 9.17) is 16.0 Å². The number of nitrogens with zero attached hydrogens (tertiary/aromatic N) is 2. The fourth-order valence-electron chi connectivity index (χ4n) is 5.64. The first-order valence-corrected chi connectivity index (χ1v) is 18.7. The van der Waals surface area contributed by atoms with Crippen LogP contribution in [0.1, 0.15) is 62.1 Å². The van der Waals surface area contributed by atoms with Crippen molar-refractivity contribution in [3.05, 3.63) is 69.4 Å². The van der Waals surface area contributed by atoms with Crippen molar-refractivity contribution >= 4 is 42.3 Å². The van der Waals surface area contributed by atoms with Gasteiger partial charge in [0.1, 0.15) is 5.82 Å². The molecular weight excluding hydrogens is 631 g/mol. The summed E-state index contributed by atoms with van der Waals surface area (Å²) in [5.41, 5.74) is 0.455. The lowest BCUT2D eigenvalue weighted by molar-refractivity contribution is -0.286. The molecule has 1 unspecified atom stereocenters. The number of alkyl halides is 2. The second kappa shape index (κ2) is 11.0. The topological polar surface area (TPSA) is 72.9 Å². The number of hydrogen-bond acceptors (Lipinski definition) is 7. The van der Waals surface area contributed by atoms with E-state index in [-0.39, 0.29) is 34.6 Å². The smallest absolute Gasteiger partial charge is 0.413 e. The SMILES string of the molecule is CC(C)(C)[Si](C)(C)OC1CCN([C@H](c2cnc(NC(=O)C3(c4ccc5c(c4)OC(F)(F)O5)CC3)s2)c2ccc(F)cc2Cl)C1. The van der Waals surface area contributed by atoms with E-state index < -0.39 is 25.8 Å². The Labute approximate surface area is 264 Å². The third-order valence-corrected chi connectivity index (χ3v) is 15.0. The number of likely N-dealkylation sites (tertiary alicyclic amines) is 1. The van der Waals surface area contributed by atoms with E-state index in [1.165, 1.54) is 35.6 Å². The Balaban J connectivity index is 1.22. The summed E-state index contributed by atoms with van der Waals surface area (Å²) in [6.07, 6.45) is 0.0200. The van der Waals surface area contributed by atoms with Gasteiger partial charge in [0.25, 0.3) is 0 Å². The van der Waals surface area contributed by atoms with E-state index in [0.29, 0.717) is 35.1 Å². The second-order valence-corrected chi connectivity index (χ2v) is 19.5. The average Bonchev–Trinajstić information content (AvgIpc) is 3.22. The van der Waals surface area contributed by atoms with Crippen LogP contribution in [0.2, 0.25) is 23.2 Å². The van der Waals surface area contributed by atoms with Gasteiger partial charge in [0.05, 0.1) is 17.6 Å². The predicted molar refractivity (Wildman–Crippen MR) is 166 cm³/mol. The number of halogens is 4. The summed E-state index contributed by atoms with van der Waals surface area (Å²) in [6, 6.07) is 8.55. The number of anilines is 1. The lowest BCUT2D eigenvalue weighted by atomic mass is 9.94. The molecule has 1 aliphatic carbocycles. The standard InChI is InChI=1S/C31H35ClF3N3O4SSi/c1-29(2,3)44(4,5)42-20-10-13-38(17-20)26(21-8-7-19(33)15-22(21)32)25-16-36-28(43-25)37-27(39)30(11-12-30)18-6-9-23-24(14-18)41-31(34,35)40-23/h6-9,14-16,20,26H,10-13,17H2,1-5H3,(H,36,37,39)/t20?,26-/m0/s1. The molecule has 1 saturated heterocycles. The number of amides is 1. The molecule has 236 valence electrons.